The van der Waals surface area contributed by atoms with Gasteiger partial charge in [0.25, 0.3) is 0 Å². The van der Waals surface area contributed by atoms with Crippen molar-refractivity contribution in [1.82, 2.24) is 10.2 Å². The normalized spacial score (nSPS) is 22.5. The molecule has 9 nitrogen and oxygen atoms in total. The molecule has 0 radical (unpaired) electrons. The van der Waals surface area contributed by atoms with E-state index in [4.69, 9.17) is 37.4 Å². The summed E-state index contributed by atoms with van der Waals surface area (Å²) in [6.45, 7) is 10.8. The molecule has 280 valence electrons. The zero-order valence-electron chi connectivity index (χ0n) is 29.6. The van der Waals surface area contributed by atoms with Gasteiger partial charge in [-0.15, -0.1) is 12.4 Å². The molecule has 5 rings (SSSR count). The van der Waals surface area contributed by atoms with Crippen molar-refractivity contribution >= 4 is 53.2 Å². The Kier molecular flexibility index (Phi) is 13.6. The highest BCUT2D eigenvalue weighted by atomic mass is 35.5. The van der Waals surface area contributed by atoms with E-state index < -0.39 is 52.3 Å². The van der Waals surface area contributed by atoms with Gasteiger partial charge in [-0.2, -0.15) is 5.26 Å². The first-order chi connectivity index (χ1) is 24.2. The molecule has 0 bridgehead atoms. The van der Waals surface area contributed by atoms with Crippen LogP contribution in [0.2, 0.25) is 10.0 Å². The minimum absolute atomic E-state index is 0. The van der Waals surface area contributed by atoms with Crippen LogP contribution >= 0.6 is 35.6 Å². The number of halogens is 5. The Hall–Kier alpha value is -3.50. The van der Waals surface area contributed by atoms with Gasteiger partial charge in [-0.3, -0.25) is 9.69 Å². The molecular formula is C38H43Cl3F2N4O5. The average Bonchev–Trinajstić information content (AvgIpc) is 3.41. The third-order valence-electron chi connectivity index (χ3n) is 9.55. The molecular weight excluding hydrogens is 737 g/mol. The van der Waals surface area contributed by atoms with Gasteiger partial charge in [0.05, 0.1) is 48.7 Å². The maximum atomic E-state index is 16.0. The van der Waals surface area contributed by atoms with Gasteiger partial charge in [-0.05, 0) is 60.7 Å². The van der Waals surface area contributed by atoms with Crippen molar-refractivity contribution in [1.29, 1.82) is 5.26 Å². The van der Waals surface area contributed by atoms with Crippen LogP contribution in [0.25, 0.3) is 0 Å². The third-order valence-corrected chi connectivity index (χ3v) is 10.1. The lowest BCUT2D eigenvalue weighted by atomic mass is 9.62. The molecule has 2 saturated heterocycles. The van der Waals surface area contributed by atoms with Gasteiger partial charge in [0.1, 0.15) is 29.4 Å². The number of methoxy groups -OCH3 is 1. The number of hydrogen-bond donors (Lipinski definition) is 2. The average molecular weight is 780 g/mol. The molecule has 2 aliphatic heterocycles. The molecule has 5 atom stereocenters. The number of carbonyl (C=O) groups is 2. The molecule has 2 N–H and O–H groups in total. The highest BCUT2D eigenvalue weighted by Gasteiger charge is 2.61. The van der Waals surface area contributed by atoms with Gasteiger partial charge in [0.15, 0.2) is 0 Å². The largest absolute Gasteiger partial charge is 0.495 e. The lowest BCUT2D eigenvalue weighted by Crippen LogP contribution is -2.45. The van der Waals surface area contributed by atoms with E-state index >= 15 is 8.78 Å². The number of benzene rings is 3. The molecule has 3 aromatic rings. The summed E-state index contributed by atoms with van der Waals surface area (Å²) in [5, 5.41) is 17.1. The van der Waals surface area contributed by atoms with E-state index in [1.165, 1.54) is 55.6 Å². The predicted molar refractivity (Wildman–Crippen MR) is 199 cm³/mol. The van der Waals surface area contributed by atoms with Crippen LogP contribution < -0.4 is 15.4 Å². The summed E-state index contributed by atoms with van der Waals surface area (Å²) in [5.74, 6) is -3.87. The Balaban J connectivity index is 0.00000605. The maximum Gasteiger partial charge on any atom is 0.338 e. The van der Waals surface area contributed by atoms with Gasteiger partial charge in [-0.25, -0.2) is 13.6 Å². The zero-order valence-corrected chi connectivity index (χ0v) is 31.9. The van der Waals surface area contributed by atoms with Crippen LogP contribution in [0.5, 0.6) is 5.75 Å². The molecule has 14 heteroatoms. The van der Waals surface area contributed by atoms with E-state index in [-0.39, 0.29) is 63.2 Å². The number of esters is 1. The summed E-state index contributed by atoms with van der Waals surface area (Å²) in [6, 6.07) is 13.0. The molecule has 1 unspecified atom stereocenters. The Morgan fingerprint density at radius 1 is 1.13 bits per heavy atom. The molecule has 0 spiro atoms. The van der Waals surface area contributed by atoms with Gasteiger partial charge in [0.2, 0.25) is 5.91 Å². The third kappa shape index (κ3) is 8.65. The zero-order chi connectivity index (χ0) is 37.1. The number of nitriles is 1. The van der Waals surface area contributed by atoms with E-state index in [0.29, 0.717) is 19.6 Å². The predicted octanol–water partition coefficient (Wildman–Crippen LogP) is 7.54. The Morgan fingerprint density at radius 2 is 1.85 bits per heavy atom. The van der Waals surface area contributed by atoms with Crippen LogP contribution in [0.1, 0.15) is 61.5 Å². The van der Waals surface area contributed by atoms with Gasteiger partial charge in [-0.1, -0.05) is 62.2 Å². The summed E-state index contributed by atoms with van der Waals surface area (Å²) in [5.41, 5.74) is -1.82. The minimum atomic E-state index is -1.79. The maximum absolute atomic E-state index is 16.0. The number of rotatable bonds is 10. The number of ether oxygens (including phenoxy) is 3. The molecule has 52 heavy (non-hydrogen) atoms. The van der Waals surface area contributed by atoms with Crippen LogP contribution in [-0.4, -0.2) is 74.9 Å². The molecule has 0 saturated carbocycles. The first-order valence-corrected chi connectivity index (χ1v) is 17.5. The monoisotopic (exact) mass is 778 g/mol. The molecule has 2 fully saturated rings. The Morgan fingerprint density at radius 3 is 2.48 bits per heavy atom. The number of anilines is 1. The van der Waals surface area contributed by atoms with Crippen LogP contribution in [0, 0.1) is 28.4 Å². The molecule has 2 heterocycles. The molecule has 0 aromatic heterocycles. The summed E-state index contributed by atoms with van der Waals surface area (Å²) >= 11 is 12.4. The SMILES string of the molecule is COc1cc(C(=O)OCC(C)N2CCOCC2)ccc1NC(=O)[C@@H]1N[C@@H](CC(C)(C)C)[C@](C#N)(c2ccc(Cl)cc2F)[C@H]1c1cccc(Cl)c1F.Cl. The Labute approximate surface area is 319 Å². The van der Waals surface area contributed by atoms with Crippen molar-refractivity contribution in [2.75, 3.05) is 45.3 Å². The number of nitrogens with zero attached hydrogens (tertiary/aromatic N) is 2. The van der Waals surface area contributed by atoms with Crippen molar-refractivity contribution in [3.8, 4) is 11.8 Å². The smallest absolute Gasteiger partial charge is 0.338 e. The standard InChI is InChI=1S/C38H42Cl2F2N4O5.ClH/c1-22(46-13-15-50-16-14-46)20-51-36(48)23-9-12-29(30(17-23)49-5)44-35(47)34-32(25-7-6-8-27(40)33(25)42)38(21-43,31(45-34)19-37(2,3)4)26-11-10-24(39)18-28(26)41;/h6-12,17-18,22,31-32,34,45H,13-16,19-20H2,1-5H3,(H,44,47);1H/t22?,31-,32-,34+,38-;/m0./s1. The van der Waals surface area contributed by atoms with Crippen molar-refractivity contribution in [2.24, 2.45) is 5.41 Å². The number of morpholine rings is 1. The lowest BCUT2D eigenvalue weighted by Gasteiger charge is -2.37. The fraction of sp³-hybridized carbons (Fsp3) is 0.447. The lowest BCUT2D eigenvalue weighted by molar-refractivity contribution is -0.118. The highest BCUT2D eigenvalue weighted by molar-refractivity contribution is 6.31. The van der Waals surface area contributed by atoms with E-state index in [1.807, 2.05) is 27.7 Å². The molecule has 2 aliphatic rings. The molecule has 1 amide bonds. The summed E-state index contributed by atoms with van der Waals surface area (Å²) in [6.07, 6.45) is 0.315. The van der Waals surface area contributed by atoms with Crippen LogP contribution in [-0.2, 0) is 19.7 Å². The minimum Gasteiger partial charge on any atom is -0.495 e. The number of amides is 1. The molecule has 0 aliphatic carbocycles. The van der Waals surface area contributed by atoms with Crippen molar-refractivity contribution < 1.29 is 32.6 Å². The van der Waals surface area contributed by atoms with E-state index in [2.05, 4.69) is 21.6 Å². The summed E-state index contributed by atoms with van der Waals surface area (Å²) < 4.78 is 48.5. The quantitative estimate of drug-likeness (QED) is 0.203. The summed E-state index contributed by atoms with van der Waals surface area (Å²) in [7, 11) is 1.39. The van der Waals surface area contributed by atoms with Gasteiger partial charge < -0.3 is 24.8 Å². The van der Waals surface area contributed by atoms with E-state index in [1.54, 1.807) is 0 Å². The van der Waals surface area contributed by atoms with Crippen LogP contribution in [0.4, 0.5) is 14.5 Å². The van der Waals surface area contributed by atoms with Crippen molar-refractivity contribution in [2.45, 2.75) is 63.6 Å². The van der Waals surface area contributed by atoms with Crippen LogP contribution in [0.15, 0.2) is 54.6 Å². The van der Waals surface area contributed by atoms with Gasteiger partial charge >= 0.3 is 5.97 Å². The molecule has 3 aromatic carbocycles. The number of carbonyl (C=O) groups excluding carboxylic acids is 2. The number of hydrogen-bond acceptors (Lipinski definition) is 8. The first-order valence-electron chi connectivity index (χ1n) is 16.7. The first kappa shape index (κ1) is 41.3. The Bertz CT molecular complexity index is 1810. The second-order valence-corrected chi connectivity index (χ2v) is 15.0. The fourth-order valence-corrected chi connectivity index (χ4v) is 7.43. The topological polar surface area (TPSA) is 113 Å². The number of nitrogens with one attached hydrogen (secondary N) is 2. The van der Waals surface area contributed by atoms with Gasteiger partial charge in [0, 0.05) is 41.7 Å². The highest BCUT2D eigenvalue weighted by Crippen LogP contribution is 2.53. The van der Waals surface area contributed by atoms with E-state index in [0.717, 1.165) is 19.2 Å². The second kappa shape index (κ2) is 17.1. The van der Waals surface area contributed by atoms with Crippen molar-refractivity contribution in [3.63, 3.8) is 0 Å². The second-order valence-electron chi connectivity index (χ2n) is 14.2. The van der Waals surface area contributed by atoms with E-state index in [9.17, 15) is 14.9 Å². The fourth-order valence-electron chi connectivity index (χ4n) is 7.09. The van der Waals surface area contributed by atoms with Crippen molar-refractivity contribution in [3.05, 3.63) is 93.0 Å². The van der Waals surface area contributed by atoms with Crippen LogP contribution in [0.3, 0.4) is 0 Å². The summed E-state index contributed by atoms with van der Waals surface area (Å²) in [4.78, 5) is 29.6.